The number of pyridine rings is 3. The van der Waals surface area contributed by atoms with Crippen molar-refractivity contribution in [1.82, 2.24) is 72.9 Å². The van der Waals surface area contributed by atoms with Crippen molar-refractivity contribution in [1.29, 1.82) is 0 Å². The van der Waals surface area contributed by atoms with Gasteiger partial charge in [0, 0.05) is 166 Å². The Morgan fingerprint density at radius 1 is 0.463 bits per heavy atom. The topological polar surface area (TPSA) is 411 Å². The first-order valence-corrected chi connectivity index (χ1v) is 51.9. The second-order valence-electron chi connectivity index (χ2n) is 36.5. The first kappa shape index (κ1) is 113. The number of carbonyl (C=O) groups is 2. The van der Waals surface area contributed by atoms with E-state index in [1.54, 1.807) is 82.7 Å². The smallest absolute Gasteiger partial charge is 0.316 e. The highest BCUT2D eigenvalue weighted by atomic mass is 35.5. The Kier molecular flexibility index (Phi) is 42.1. The SMILES string of the molecule is CC(=O)C1CCOC1=O.Cc1nc2c(OCc3ccccc3)cccn2c(=O)c1CCCl.Cc1nc2c(OCc3ccccc3)cccn2c(=O)c1CCCl.Cc1nc2n(c(=O)c1CCCl)CCCC2O.Cc1nc2n(c(=O)c1CCCl)CCCC2O.Cl.Fc1ccc2c(C3CCNCC3)noc2c1.Nc1ncccc1OCc1ccccc1.O=c1c(CCN2CCC(c3noc4cc(F)ccc34)CC2)cnc2n1CCCC2O. The van der Waals surface area contributed by atoms with Crippen molar-refractivity contribution in [3.8, 4) is 17.2 Å². The van der Waals surface area contributed by atoms with Crippen LogP contribution in [0.2, 0.25) is 0 Å². The number of aryl methyl sites for hydroxylation is 4. The van der Waals surface area contributed by atoms with Gasteiger partial charge in [0.15, 0.2) is 45.5 Å². The third-order valence-corrected chi connectivity index (χ3v) is 27.2. The van der Waals surface area contributed by atoms with E-state index < -0.39 is 24.2 Å². The van der Waals surface area contributed by atoms with E-state index in [0.717, 1.165) is 117 Å². The molecule has 6 N–H and O–H groups in total. The van der Waals surface area contributed by atoms with E-state index in [9.17, 15) is 57.7 Å². The number of piperidine rings is 2. The van der Waals surface area contributed by atoms with Crippen LogP contribution in [0, 0.1) is 45.2 Å². The number of ketones is 1. The zero-order valence-electron chi connectivity index (χ0n) is 83.7. The molecule has 21 rings (SSSR count). The number of benzene rings is 5. The second-order valence-corrected chi connectivity index (χ2v) is 38.1. The Labute approximate surface area is 885 Å². The molecule has 4 unspecified atom stereocenters. The number of aromatic nitrogens is 13. The maximum absolute atomic E-state index is 13.4. The number of alkyl halides is 4. The van der Waals surface area contributed by atoms with E-state index in [1.807, 2.05) is 123 Å². The number of esters is 1. The maximum Gasteiger partial charge on any atom is 0.316 e. The number of cyclic esters (lactones) is 1. The average molecular weight is 2140 g/mol. The third kappa shape index (κ3) is 29.4. The van der Waals surface area contributed by atoms with Gasteiger partial charge in [-0.3, -0.25) is 56.1 Å². The van der Waals surface area contributed by atoms with Gasteiger partial charge in [-0.1, -0.05) is 101 Å². The van der Waals surface area contributed by atoms with Crippen molar-refractivity contribution in [2.45, 2.75) is 207 Å². The second kappa shape index (κ2) is 55.5. The molecular formula is C110H123Cl5F2N16O16. The molecule has 3 fully saturated rings. The fraction of sp³-hybridized carbons (Fsp3) is 0.391. The summed E-state index contributed by atoms with van der Waals surface area (Å²) < 4.78 is 66.5. The van der Waals surface area contributed by atoms with Gasteiger partial charge >= 0.3 is 5.97 Å². The summed E-state index contributed by atoms with van der Waals surface area (Å²) in [6.45, 7) is 17.0. The van der Waals surface area contributed by atoms with Crippen molar-refractivity contribution in [2.75, 3.05) is 68.6 Å². The molecule has 3 saturated heterocycles. The molecule has 4 atom stereocenters. The largest absolute Gasteiger partial charge is 0.485 e. The number of likely N-dealkylation sites (tertiary alicyclic amines) is 1. The first-order valence-electron chi connectivity index (χ1n) is 49.7. The lowest BCUT2D eigenvalue weighted by atomic mass is 9.91. The summed E-state index contributed by atoms with van der Waals surface area (Å²) in [6, 6.07) is 49.7. The summed E-state index contributed by atoms with van der Waals surface area (Å²) in [5.74, 6) is 4.60. The monoisotopic (exact) mass is 2140 g/mol. The summed E-state index contributed by atoms with van der Waals surface area (Å²) in [5.41, 5.74) is 18.8. The number of nitrogen functional groups attached to an aromatic ring is 1. The molecule has 5 aromatic carbocycles. The highest BCUT2D eigenvalue weighted by molar-refractivity contribution is 6.18. The molecule has 788 valence electrons. The summed E-state index contributed by atoms with van der Waals surface area (Å²) in [5, 5.41) is 43.1. The Morgan fingerprint density at radius 2 is 0.866 bits per heavy atom. The predicted octanol–water partition coefficient (Wildman–Crippen LogP) is 17.1. The number of anilines is 1. The zero-order chi connectivity index (χ0) is 105. The minimum Gasteiger partial charge on any atom is -0.485 e. The van der Waals surface area contributed by atoms with Crippen LogP contribution in [-0.4, -0.2) is 158 Å². The number of hydrogen-bond donors (Lipinski definition) is 5. The van der Waals surface area contributed by atoms with Gasteiger partial charge in [0.2, 0.25) is 0 Å². The molecule has 6 aliphatic heterocycles. The predicted molar refractivity (Wildman–Crippen MR) is 571 cm³/mol. The molecule has 0 radical (unpaired) electrons. The Hall–Kier alpha value is -13.0. The molecule has 0 bridgehead atoms. The van der Waals surface area contributed by atoms with E-state index >= 15 is 0 Å². The highest BCUT2D eigenvalue weighted by Crippen LogP contribution is 2.36. The number of rotatable bonds is 23. The molecule has 149 heavy (non-hydrogen) atoms. The fourth-order valence-corrected chi connectivity index (χ4v) is 19.2. The number of halogens is 7. The zero-order valence-corrected chi connectivity index (χ0v) is 87.5. The van der Waals surface area contributed by atoms with Crippen LogP contribution in [0.3, 0.4) is 0 Å². The summed E-state index contributed by atoms with van der Waals surface area (Å²) in [7, 11) is 0. The molecule has 0 saturated carbocycles. The van der Waals surface area contributed by atoms with Crippen LogP contribution in [0.1, 0.15) is 204 Å². The van der Waals surface area contributed by atoms with Crippen molar-refractivity contribution < 1.29 is 61.7 Å². The standard InChI is InChI=1S/C22H25FN4O3.2C18H17ClN2O2.C12H13FN2O.C12H12N2O.2C11H15ClN2O2.C6H8O3.ClH/c23-16-3-4-17-19(12-16)30-25-20(17)14-5-9-26(10-6-14)11-7-15-13-24-21-18(28)2-1-8-27(21)22(15)29;2*1-13-15(9-10-19)18(22)21-11-5-8-16(17(21)20-13)23-12-14-6-3-2-4-7-14;13-9-1-2-10-11(7-9)16-15-12(10)8-3-5-14-6-4-8;13-12-11(7-4-8-14-12)15-9-10-5-2-1-3-6-10;2*1-7-8(4-5-12)11(16)14-6-2-3-9(15)10(14)13-7;1-4(7)5-2-3-9-6(5)8;/h3-4,12-14,18,28H,1-2,5-11H2;2*2-8,11H,9-10,12H2,1H3;1-2,7-8,14H,3-6H2;1-8H,9H2,(H2,13,14);2*9,15H,2-6H2,1H3;5H,2-3H2,1H3;1H. The lowest BCUT2D eigenvalue weighted by Crippen LogP contribution is -2.37. The van der Waals surface area contributed by atoms with Crippen LogP contribution in [0.15, 0.2) is 222 Å². The minimum atomic E-state index is -0.636. The average Bonchev–Trinajstić information content (AvgIpc) is 1.75. The molecular weight excluding hydrogens is 2020 g/mol. The van der Waals surface area contributed by atoms with Gasteiger partial charge in [0.05, 0.1) is 18.0 Å². The lowest BCUT2D eigenvalue weighted by Gasteiger charge is -2.31. The van der Waals surface area contributed by atoms with Crippen molar-refractivity contribution in [3.63, 3.8) is 0 Å². The van der Waals surface area contributed by atoms with E-state index in [-0.39, 0.29) is 63.6 Å². The van der Waals surface area contributed by atoms with E-state index in [1.165, 1.54) is 40.0 Å². The van der Waals surface area contributed by atoms with Crippen LogP contribution < -0.4 is 53.1 Å². The molecule has 6 aliphatic rings. The first-order chi connectivity index (χ1) is 71.7. The van der Waals surface area contributed by atoms with E-state index in [2.05, 4.69) is 55.2 Å². The van der Waals surface area contributed by atoms with Gasteiger partial charge in [-0.15, -0.1) is 58.8 Å². The summed E-state index contributed by atoms with van der Waals surface area (Å²) in [6.07, 6.45) is 16.7. The van der Waals surface area contributed by atoms with Gasteiger partial charge in [-0.25, -0.2) is 38.7 Å². The molecule has 0 amide bonds. The normalized spacial score (nSPS) is 16.2. The van der Waals surface area contributed by atoms with Crippen LogP contribution >= 0.6 is 58.8 Å². The molecule has 0 spiro atoms. The molecule has 39 heteroatoms. The number of ether oxygens (including phenoxy) is 4. The van der Waals surface area contributed by atoms with Crippen LogP contribution in [-0.2, 0) is 85.9 Å². The van der Waals surface area contributed by atoms with Crippen molar-refractivity contribution in [2.24, 2.45) is 5.92 Å². The quantitative estimate of drug-likeness (QED) is 0.0225. The van der Waals surface area contributed by atoms with Gasteiger partial charge < -0.3 is 59.3 Å². The number of fused-ring (bicyclic) bond motifs is 7. The summed E-state index contributed by atoms with van der Waals surface area (Å²) >= 11 is 22.9. The van der Waals surface area contributed by atoms with Gasteiger partial charge in [-0.2, -0.15) is 0 Å². The van der Waals surface area contributed by atoms with Crippen LogP contribution in [0.5, 0.6) is 17.2 Å². The summed E-state index contributed by atoms with van der Waals surface area (Å²) in [4.78, 5) is 112. The Morgan fingerprint density at radius 3 is 1.28 bits per heavy atom. The van der Waals surface area contributed by atoms with E-state index in [4.69, 9.17) is 75.4 Å². The van der Waals surface area contributed by atoms with Crippen LogP contribution in [0.4, 0.5) is 14.6 Å². The van der Waals surface area contributed by atoms with Gasteiger partial charge in [-0.05, 0) is 234 Å². The van der Waals surface area contributed by atoms with Crippen LogP contribution in [0.25, 0.3) is 33.2 Å². The van der Waals surface area contributed by atoms with Crippen molar-refractivity contribution in [3.05, 3.63) is 348 Å². The number of carbonyl (C=O) groups excluding carboxylic acids is 2. The third-order valence-electron chi connectivity index (χ3n) is 26.5. The fourth-order valence-electron chi connectivity index (χ4n) is 18.5. The number of nitrogens with zero attached hydrogens (tertiary/aromatic N) is 14. The lowest BCUT2D eigenvalue weighted by molar-refractivity contribution is -0.144. The number of aliphatic hydroxyl groups is 3. The number of hydrogen-bond acceptors (Lipinski definition) is 27. The number of Topliss-reactive ketones (excluding diaryl/α,β-unsaturated/α-hetero) is 1. The maximum atomic E-state index is 13.4. The molecule has 32 nitrogen and oxygen atoms in total. The molecule has 16 heterocycles. The number of nitrogens with one attached hydrogen (secondary N) is 1. The van der Waals surface area contributed by atoms with Crippen molar-refractivity contribution >= 4 is 110 Å². The molecule has 15 aromatic rings. The molecule has 10 aromatic heterocycles. The minimum absolute atomic E-state index is 0. The number of aliphatic hydroxyl groups excluding tert-OH is 3. The van der Waals surface area contributed by atoms with Gasteiger partial charge in [0.25, 0.3) is 27.8 Å². The van der Waals surface area contributed by atoms with E-state index in [0.29, 0.717) is 253 Å². The highest BCUT2D eigenvalue weighted by Gasteiger charge is 2.32. The Bertz CT molecular complexity index is 7120. The van der Waals surface area contributed by atoms with Gasteiger partial charge in [0.1, 0.15) is 78.9 Å². The number of nitrogens with two attached hydrogens (primary N) is 1. The Balaban J connectivity index is 0.000000145. The molecule has 0 aliphatic carbocycles.